The molecule has 1 aliphatic rings. The zero-order valence-corrected chi connectivity index (χ0v) is 14.9. The van der Waals surface area contributed by atoms with Crippen molar-refractivity contribution in [2.45, 2.75) is 25.3 Å². The average molecular weight is 360 g/mol. The Morgan fingerprint density at radius 2 is 2.08 bits per heavy atom. The number of carbonyl (C=O) groups excluding carboxylic acids is 2. The van der Waals surface area contributed by atoms with Crippen molar-refractivity contribution >= 4 is 11.8 Å². The van der Waals surface area contributed by atoms with Crippen LogP contribution in [0.4, 0.5) is 4.39 Å². The van der Waals surface area contributed by atoms with Crippen LogP contribution in [0.15, 0.2) is 29.2 Å². The van der Waals surface area contributed by atoms with Gasteiger partial charge in [0.2, 0.25) is 0 Å². The first-order chi connectivity index (χ1) is 12.2. The smallest absolute Gasteiger partial charge is 0.325 e. The lowest BCUT2D eigenvalue weighted by molar-refractivity contribution is 0.0751. The first-order valence-corrected chi connectivity index (χ1v) is 8.31. The molecule has 8 heteroatoms. The Bertz CT molecular complexity index is 927. The number of likely N-dealkylation sites (N-methyl/N-ethyl adjacent to an activating group) is 1. The van der Waals surface area contributed by atoms with E-state index >= 15 is 0 Å². The molecule has 1 heterocycles. The topological polar surface area (TPSA) is 87.2 Å². The molecule has 0 bridgehead atoms. The highest BCUT2D eigenvalue weighted by atomic mass is 19.1. The average Bonchev–Trinajstić information content (AvgIpc) is 3.26. The molecule has 138 valence electrons. The van der Waals surface area contributed by atoms with Gasteiger partial charge in [-0.05, 0) is 31.4 Å². The quantitative estimate of drug-likeness (QED) is 0.840. The van der Waals surface area contributed by atoms with E-state index in [4.69, 9.17) is 0 Å². The fraction of sp³-hybridized carbons (Fsp3) is 0.389. The SMILES string of the molecule is Cc1cccc(C(=O)N(C)CC2(NC(=O)c3c[nH]c(=O)n3C)CC2)c1F. The Balaban J connectivity index is 1.70. The van der Waals surface area contributed by atoms with E-state index in [1.54, 1.807) is 26.1 Å². The molecular formula is C18H21FN4O3. The number of H-pyrrole nitrogens is 1. The lowest BCUT2D eigenvalue weighted by Gasteiger charge is -2.25. The number of benzene rings is 1. The second-order valence-electron chi connectivity index (χ2n) is 6.87. The van der Waals surface area contributed by atoms with Crippen molar-refractivity contribution in [2.24, 2.45) is 7.05 Å². The van der Waals surface area contributed by atoms with Crippen molar-refractivity contribution in [1.82, 2.24) is 19.8 Å². The van der Waals surface area contributed by atoms with E-state index in [9.17, 15) is 18.8 Å². The summed E-state index contributed by atoms with van der Waals surface area (Å²) in [7, 11) is 3.09. The number of amides is 2. The van der Waals surface area contributed by atoms with Crippen LogP contribution in [-0.4, -0.2) is 45.4 Å². The highest BCUT2D eigenvalue weighted by molar-refractivity contribution is 5.95. The Morgan fingerprint density at radius 3 is 2.65 bits per heavy atom. The molecule has 1 aromatic carbocycles. The molecule has 3 rings (SSSR count). The van der Waals surface area contributed by atoms with Crippen molar-refractivity contribution in [3.05, 3.63) is 57.5 Å². The van der Waals surface area contributed by atoms with Gasteiger partial charge in [-0.2, -0.15) is 0 Å². The first kappa shape index (κ1) is 17.9. The van der Waals surface area contributed by atoms with Crippen LogP contribution in [0, 0.1) is 12.7 Å². The zero-order chi connectivity index (χ0) is 19.1. The molecule has 1 aliphatic carbocycles. The molecule has 2 N–H and O–H groups in total. The molecule has 0 aliphatic heterocycles. The summed E-state index contributed by atoms with van der Waals surface area (Å²) < 4.78 is 15.4. The summed E-state index contributed by atoms with van der Waals surface area (Å²) >= 11 is 0. The molecule has 1 fully saturated rings. The van der Waals surface area contributed by atoms with Gasteiger partial charge in [0.05, 0.1) is 11.1 Å². The second-order valence-corrected chi connectivity index (χ2v) is 6.87. The van der Waals surface area contributed by atoms with E-state index in [2.05, 4.69) is 10.3 Å². The molecular weight excluding hydrogens is 339 g/mol. The Labute approximate surface area is 149 Å². The van der Waals surface area contributed by atoms with Gasteiger partial charge in [0.25, 0.3) is 11.8 Å². The van der Waals surface area contributed by atoms with Crippen LogP contribution in [0.3, 0.4) is 0 Å². The number of nitrogens with zero attached hydrogens (tertiary/aromatic N) is 2. The van der Waals surface area contributed by atoms with Crippen molar-refractivity contribution in [1.29, 1.82) is 0 Å². The summed E-state index contributed by atoms with van der Waals surface area (Å²) in [5, 5.41) is 2.89. The van der Waals surface area contributed by atoms with E-state index in [0.29, 0.717) is 18.4 Å². The number of rotatable bonds is 5. The van der Waals surface area contributed by atoms with Crippen LogP contribution < -0.4 is 11.0 Å². The maximum atomic E-state index is 14.2. The highest BCUT2D eigenvalue weighted by Gasteiger charge is 2.46. The summed E-state index contributed by atoms with van der Waals surface area (Å²) in [6, 6.07) is 4.70. The van der Waals surface area contributed by atoms with Gasteiger partial charge in [-0.1, -0.05) is 12.1 Å². The molecule has 0 unspecified atom stereocenters. The molecule has 1 aromatic heterocycles. The number of hydrogen-bond donors (Lipinski definition) is 2. The monoisotopic (exact) mass is 360 g/mol. The van der Waals surface area contributed by atoms with Gasteiger partial charge >= 0.3 is 5.69 Å². The molecule has 2 amide bonds. The van der Waals surface area contributed by atoms with Gasteiger partial charge < -0.3 is 15.2 Å². The number of nitrogens with one attached hydrogen (secondary N) is 2. The molecule has 26 heavy (non-hydrogen) atoms. The minimum Gasteiger partial charge on any atom is -0.343 e. The van der Waals surface area contributed by atoms with E-state index in [-0.39, 0.29) is 29.4 Å². The summed E-state index contributed by atoms with van der Waals surface area (Å²) in [4.78, 5) is 40.3. The van der Waals surface area contributed by atoms with Crippen LogP contribution in [-0.2, 0) is 7.05 Å². The predicted molar refractivity (Wildman–Crippen MR) is 93.6 cm³/mol. The number of imidazole rings is 1. The van der Waals surface area contributed by atoms with Crippen molar-refractivity contribution in [3.8, 4) is 0 Å². The fourth-order valence-electron chi connectivity index (χ4n) is 2.97. The van der Waals surface area contributed by atoms with Gasteiger partial charge in [-0.3, -0.25) is 14.2 Å². The number of aromatic amines is 1. The van der Waals surface area contributed by atoms with Gasteiger partial charge in [0, 0.05) is 26.8 Å². The lowest BCUT2D eigenvalue weighted by Crippen LogP contribution is -2.47. The maximum Gasteiger partial charge on any atom is 0.325 e. The zero-order valence-electron chi connectivity index (χ0n) is 14.9. The van der Waals surface area contributed by atoms with Gasteiger partial charge in [-0.15, -0.1) is 0 Å². The summed E-state index contributed by atoms with van der Waals surface area (Å²) in [6.45, 7) is 1.87. The standard InChI is InChI=1S/C18H21FN4O3/c1-11-5-4-6-12(14(11)19)16(25)22(2)10-18(7-8-18)21-15(24)13-9-20-17(26)23(13)3/h4-6,9H,7-8,10H2,1-3H3,(H,20,26)(H,21,24). The summed E-state index contributed by atoms with van der Waals surface area (Å²) in [5.74, 6) is -1.34. The highest BCUT2D eigenvalue weighted by Crippen LogP contribution is 2.36. The third kappa shape index (κ3) is 3.26. The van der Waals surface area contributed by atoms with Crippen LogP contribution in [0.5, 0.6) is 0 Å². The molecule has 0 saturated heterocycles. The van der Waals surface area contributed by atoms with Crippen molar-refractivity contribution in [3.63, 3.8) is 0 Å². The maximum absolute atomic E-state index is 14.2. The molecule has 1 saturated carbocycles. The Hall–Kier alpha value is -2.90. The number of aromatic nitrogens is 2. The van der Waals surface area contributed by atoms with Crippen LogP contribution in [0.2, 0.25) is 0 Å². The molecule has 0 spiro atoms. The normalized spacial score (nSPS) is 14.8. The third-order valence-electron chi connectivity index (χ3n) is 4.77. The van der Waals surface area contributed by atoms with Crippen LogP contribution in [0.25, 0.3) is 0 Å². The van der Waals surface area contributed by atoms with Crippen molar-refractivity contribution < 1.29 is 14.0 Å². The van der Waals surface area contributed by atoms with Gasteiger partial charge in [0.1, 0.15) is 11.5 Å². The Kier molecular flexibility index (Phi) is 4.43. The molecule has 0 radical (unpaired) electrons. The number of carbonyl (C=O) groups is 2. The van der Waals surface area contributed by atoms with Crippen LogP contribution in [0.1, 0.15) is 39.3 Å². The van der Waals surface area contributed by atoms with E-state index in [0.717, 1.165) is 0 Å². The van der Waals surface area contributed by atoms with E-state index < -0.39 is 17.3 Å². The van der Waals surface area contributed by atoms with Gasteiger partial charge in [-0.25, -0.2) is 9.18 Å². The predicted octanol–water partition coefficient (Wildman–Crippen LogP) is 1.20. The number of aryl methyl sites for hydroxylation is 1. The minimum atomic E-state index is -0.547. The molecule has 2 aromatic rings. The second kappa shape index (κ2) is 6.44. The lowest BCUT2D eigenvalue weighted by atomic mass is 10.1. The fourth-order valence-corrected chi connectivity index (χ4v) is 2.97. The molecule has 7 nitrogen and oxygen atoms in total. The third-order valence-corrected chi connectivity index (χ3v) is 4.77. The summed E-state index contributed by atoms with van der Waals surface area (Å²) in [6.07, 6.45) is 2.78. The van der Waals surface area contributed by atoms with Crippen molar-refractivity contribution in [2.75, 3.05) is 13.6 Å². The van der Waals surface area contributed by atoms with Gasteiger partial charge in [0.15, 0.2) is 0 Å². The van der Waals surface area contributed by atoms with E-state index in [1.807, 2.05) is 0 Å². The largest absolute Gasteiger partial charge is 0.343 e. The van der Waals surface area contributed by atoms with E-state index in [1.165, 1.54) is 28.8 Å². The number of hydrogen-bond acceptors (Lipinski definition) is 3. The van der Waals surface area contributed by atoms with Crippen LogP contribution >= 0.6 is 0 Å². The minimum absolute atomic E-state index is 0.0163. The first-order valence-electron chi connectivity index (χ1n) is 8.31. The Morgan fingerprint density at radius 1 is 1.38 bits per heavy atom. The summed E-state index contributed by atoms with van der Waals surface area (Å²) in [5.41, 5.74) is -0.272. The number of halogens is 1. The molecule has 0 atom stereocenters.